The first-order valence-electron chi connectivity index (χ1n) is 15.9. The molecule has 5 rings (SSSR count). The first kappa shape index (κ1) is 32.1. The Balaban J connectivity index is 1.72. The van der Waals surface area contributed by atoms with Crippen molar-refractivity contribution in [3.8, 4) is 11.5 Å². The molecule has 3 saturated carbocycles. The molecule has 0 bridgehead atoms. The quantitative estimate of drug-likeness (QED) is 0.144. The summed E-state index contributed by atoms with van der Waals surface area (Å²) in [4.78, 5) is 37.9. The molecule has 0 amide bonds. The molecular formula is C37H50O5S. The van der Waals surface area contributed by atoms with E-state index in [-0.39, 0.29) is 37.4 Å². The van der Waals surface area contributed by atoms with E-state index in [0.717, 1.165) is 61.6 Å². The lowest BCUT2D eigenvalue weighted by Crippen LogP contribution is -2.62. The molecule has 1 aromatic carbocycles. The Hall–Kier alpha value is -2.34. The molecule has 0 spiro atoms. The Bertz CT molecular complexity index is 1460. The van der Waals surface area contributed by atoms with Gasteiger partial charge >= 0.3 is 5.97 Å². The second kappa shape index (κ2) is 10.4. The Morgan fingerprint density at radius 1 is 0.907 bits per heavy atom. The molecule has 7 atom stereocenters. The SMILES string of the molecule is C=C(C)Oc1cc2c(c(C)c1OC(C)=O)C(SC(C)=O)C=C1[C@@]2(C)CC[C@@]2(C)[C@@H]3C[C@](C)(C(C)=O)CC[C@]3(C)CC[C@]12C. The van der Waals surface area contributed by atoms with Crippen LogP contribution in [0.1, 0.15) is 129 Å². The second-order valence-electron chi connectivity index (χ2n) is 15.4. The fraction of sp³-hybridized carbons (Fsp3) is 0.649. The normalized spacial score (nSPS) is 38.0. The van der Waals surface area contributed by atoms with Crippen molar-refractivity contribution in [3.05, 3.63) is 46.7 Å². The smallest absolute Gasteiger partial charge is 0.308 e. The lowest BCUT2D eigenvalue weighted by molar-refractivity contribution is -0.165. The van der Waals surface area contributed by atoms with Crippen LogP contribution >= 0.6 is 11.8 Å². The zero-order chi connectivity index (χ0) is 31.9. The zero-order valence-corrected chi connectivity index (χ0v) is 28.7. The average Bonchev–Trinajstić information content (AvgIpc) is 2.89. The van der Waals surface area contributed by atoms with E-state index in [4.69, 9.17) is 9.47 Å². The molecule has 1 unspecified atom stereocenters. The topological polar surface area (TPSA) is 69.7 Å². The summed E-state index contributed by atoms with van der Waals surface area (Å²) in [5, 5.41) is -0.151. The molecule has 6 heteroatoms. The largest absolute Gasteiger partial charge is 0.459 e. The Morgan fingerprint density at radius 3 is 2.14 bits per heavy atom. The summed E-state index contributed by atoms with van der Waals surface area (Å²) < 4.78 is 11.9. The van der Waals surface area contributed by atoms with Gasteiger partial charge in [-0.15, -0.1) is 0 Å². The van der Waals surface area contributed by atoms with E-state index in [1.54, 1.807) is 20.8 Å². The molecule has 4 aliphatic carbocycles. The number of rotatable bonds is 5. The number of allylic oxidation sites excluding steroid dienone is 2. The number of hydrogen-bond acceptors (Lipinski definition) is 6. The summed E-state index contributed by atoms with van der Waals surface area (Å²) >= 11 is 1.34. The minimum Gasteiger partial charge on any atom is -0.459 e. The number of thioether (sulfide) groups is 1. The standard InChI is InChI=1S/C37H50O5S/c1-21(2)41-27-18-26-31(22(3)32(27)42-24(5)39)28(43-25(6)40)19-29-35(26,9)15-17-37(11)30-20-34(8,23(4)38)13-12-33(30,7)14-16-36(29,37)10/h18-19,28,30H,1,12-17,20H2,2-11H3/t28?,30-,33-,34-,35+,36-,37+/m1/s1. The predicted octanol–water partition coefficient (Wildman–Crippen LogP) is 9.35. The molecule has 0 aliphatic heterocycles. The van der Waals surface area contributed by atoms with Crippen molar-refractivity contribution < 1.29 is 23.9 Å². The summed E-state index contributed by atoms with van der Waals surface area (Å²) in [5.41, 5.74) is 4.02. The highest BCUT2D eigenvalue weighted by Gasteiger charge is 2.67. The van der Waals surface area contributed by atoms with E-state index in [1.165, 1.54) is 24.3 Å². The summed E-state index contributed by atoms with van der Waals surface area (Å²) in [6, 6.07) is 2.06. The number of benzene rings is 1. The van der Waals surface area contributed by atoms with Crippen LogP contribution in [0.15, 0.2) is 30.1 Å². The number of ketones is 1. The molecule has 4 aliphatic rings. The lowest BCUT2D eigenvalue weighted by atomic mass is 9.34. The predicted molar refractivity (Wildman–Crippen MR) is 173 cm³/mol. The fourth-order valence-electron chi connectivity index (χ4n) is 9.79. The molecule has 0 radical (unpaired) electrons. The van der Waals surface area contributed by atoms with Gasteiger partial charge in [0.05, 0.1) is 11.0 Å². The van der Waals surface area contributed by atoms with E-state index in [2.05, 4.69) is 53.3 Å². The minimum absolute atomic E-state index is 0.00910. The monoisotopic (exact) mass is 606 g/mol. The highest BCUT2D eigenvalue weighted by molar-refractivity contribution is 8.13. The van der Waals surface area contributed by atoms with Crippen LogP contribution in [0.25, 0.3) is 0 Å². The highest BCUT2D eigenvalue weighted by atomic mass is 32.2. The molecule has 0 N–H and O–H groups in total. The third-order valence-corrected chi connectivity index (χ3v) is 13.7. The van der Waals surface area contributed by atoms with Gasteiger partial charge in [-0.3, -0.25) is 14.4 Å². The van der Waals surface area contributed by atoms with Crippen LogP contribution in [0.5, 0.6) is 11.5 Å². The third-order valence-electron chi connectivity index (χ3n) is 12.7. The molecule has 5 nitrogen and oxygen atoms in total. The van der Waals surface area contributed by atoms with Crippen molar-refractivity contribution in [2.75, 3.05) is 0 Å². The Kier molecular flexibility index (Phi) is 7.72. The number of esters is 1. The summed E-state index contributed by atoms with van der Waals surface area (Å²) in [6.07, 6.45) is 9.64. The van der Waals surface area contributed by atoms with Gasteiger partial charge in [-0.1, -0.05) is 64.6 Å². The summed E-state index contributed by atoms with van der Waals surface area (Å²) in [6.45, 7) is 24.6. The van der Waals surface area contributed by atoms with Gasteiger partial charge in [-0.05, 0) is 105 Å². The summed E-state index contributed by atoms with van der Waals surface area (Å²) in [7, 11) is 0. The highest BCUT2D eigenvalue weighted by Crippen LogP contribution is 2.75. The Morgan fingerprint density at radius 2 is 1.56 bits per heavy atom. The molecule has 3 fully saturated rings. The number of carbonyl (C=O) groups excluding carboxylic acids is 3. The van der Waals surface area contributed by atoms with Crippen LogP contribution < -0.4 is 9.47 Å². The maximum atomic E-state index is 12.9. The average molecular weight is 607 g/mol. The molecule has 0 heterocycles. The molecule has 1 aromatic rings. The van der Waals surface area contributed by atoms with Gasteiger partial charge in [0.15, 0.2) is 16.6 Å². The van der Waals surface area contributed by atoms with Gasteiger partial charge in [-0.25, -0.2) is 0 Å². The number of ether oxygens (including phenoxy) is 2. The van der Waals surface area contributed by atoms with Crippen molar-refractivity contribution in [2.24, 2.45) is 27.6 Å². The van der Waals surface area contributed by atoms with Gasteiger partial charge < -0.3 is 9.47 Å². The van der Waals surface area contributed by atoms with Crippen LogP contribution in [0, 0.1) is 34.5 Å². The van der Waals surface area contributed by atoms with Gasteiger partial charge in [0.2, 0.25) is 0 Å². The van der Waals surface area contributed by atoms with Crippen molar-refractivity contribution >= 4 is 28.6 Å². The summed E-state index contributed by atoms with van der Waals surface area (Å²) in [5.74, 6) is 1.74. The van der Waals surface area contributed by atoms with E-state index in [1.807, 2.05) is 6.92 Å². The third kappa shape index (κ3) is 4.76. The number of Topliss-reactive ketones (excluding diaryl/α,β-unsaturated/α-hetero) is 1. The molecule has 234 valence electrons. The van der Waals surface area contributed by atoms with Crippen molar-refractivity contribution in [1.29, 1.82) is 0 Å². The molecular weight excluding hydrogens is 556 g/mol. The minimum atomic E-state index is -0.417. The van der Waals surface area contributed by atoms with Crippen LogP contribution in [-0.2, 0) is 19.8 Å². The maximum absolute atomic E-state index is 12.9. The van der Waals surface area contributed by atoms with Gasteiger partial charge in [-0.2, -0.15) is 0 Å². The number of hydrogen-bond donors (Lipinski definition) is 0. The van der Waals surface area contributed by atoms with Crippen molar-refractivity contribution in [2.45, 2.75) is 125 Å². The first-order chi connectivity index (χ1) is 19.8. The maximum Gasteiger partial charge on any atom is 0.308 e. The molecule has 43 heavy (non-hydrogen) atoms. The lowest BCUT2D eigenvalue weighted by Gasteiger charge is -2.70. The van der Waals surface area contributed by atoms with Gasteiger partial charge in [0.1, 0.15) is 5.78 Å². The Labute approximate surface area is 262 Å². The molecule has 0 saturated heterocycles. The molecule has 0 aromatic heterocycles. The van der Waals surface area contributed by atoms with Crippen LogP contribution in [-0.4, -0.2) is 16.9 Å². The second-order valence-corrected chi connectivity index (χ2v) is 16.7. The number of carbonyl (C=O) groups is 3. The van der Waals surface area contributed by atoms with Gasteiger partial charge in [0.25, 0.3) is 0 Å². The van der Waals surface area contributed by atoms with Crippen molar-refractivity contribution in [1.82, 2.24) is 0 Å². The number of fused-ring (bicyclic) bond motifs is 7. The van der Waals surface area contributed by atoms with Crippen LogP contribution in [0.3, 0.4) is 0 Å². The van der Waals surface area contributed by atoms with E-state index in [9.17, 15) is 14.4 Å². The van der Waals surface area contributed by atoms with E-state index in [0.29, 0.717) is 29.0 Å². The first-order valence-corrected chi connectivity index (χ1v) is 16.8. The zero-order valence-electron chi connectivity index (χ0n) is 27.9. The van der Waals surface area contributed by atoms with Gasteiger partial charge in [0, 0.05) is 30.2 Å². The van der Waals surface area contributed by atoms with E-state index < -0.39 is 5.97 Å². The van der Waals surface area contributed by atoms with Crippen LogP contribution in [0.2, 0.25) is 0 Å². The van der Waals surface area contributed by atoms with Crippen molar-refractivity contribution in [3.63, 3.8) is 0 Å². The van der Waals surface area contributed by atoms with E-state index >= 15 is 0 Å². The van der Waals surface area contributed by atoms with Crippen LogP contribution in [0.4, 0.5) is 0 Å². The fourth-order valence-corrected chi connectivity index (χ4v) is 10.8.